The average molecular weight is 421 g/mol. The Labute approximate surface area is 162 Å². The van der Waals surface area contributed by atoms with Gasteiger partial charge in [-0.25, -0.2) is 4.99 Å². The second kappa shape index (κ2) is 9.50. The summed E-state index contributed by atoms with van der Waals surface area (Å²) in [5.74, 6) is -0.329. The van der Waals surface area contributed by atoms with E-state index in [4.69, 9.17) is 5.73 Å². The highest BCUT2D eigenvalue weighted by Gasteiger charge is 2.31. The number of nitrogens with one attached hydrogen (secondary N) is 1. The monoisotopic (exact) mass is 421 g/mol. The third-order valence-electron chi connectivity index (χ3n) is 3.35. The van der Waals surface area contributed by atoms with Gasteiger partial charge >= 0.3 is 12.5 Å². The van der Waals surface area contributed by atoms with Crippen molar-refractivity contribution in [2.24, 2.45) is 10.7 Å². The molecule has 29 heavy (non-hydrogen) atoms. The minimum absolute atomic E-state index is 0.0343. The van der Waals surface area contributed by atoms with Crippen LogP contribution in [0.15, 0.2) is 53.5 Å². The molecule has 0 spiro atoms. The zero-order valence-corrected chi connectivity index (χ0v) is 14.8. The van der Waals surface area contributed by atoms with E-state index >= 15 is 0 Å². The first kappa shape index (κ1) is 22.3. The molecule has 0 aliphatic carbocycles. The van der Waals surface area contributed by atoms with Crippen LogP contribution in [0.1, 0.15) is 11.1 Å². The van der Waals surface area contributed by atoms with Crippen molar-refractivity contribution in [3.8, 4) is 5.75 Å². The molecule has 0 aromatic heterocycles. The number of anilines is 1. The second-order valence-electron chi connectivity index (χ2n) is 5.82. The molecule has 0 heterocycles. The summed E-state index contributed by atoms with van der Waals surface area (Å²) < 4.78 is 80.8. The van der Waals surface area contributed by atoms with Crippen LogP contribution in [-0.2, 0) is 17.9 Å². The van der Waals surface area contributed by atoms with Crippen molar-refractivity contribution >= 4 is 11.6 Å². The van der Waals surface area contributed by atoms with E-state index in [2.05, 4.69) is 19.8 Å². The van der Waals surface area contributed by atoms with E-state index in [1.54, 1.807) is 24.3 Å². The van der Waals surface area contributed by atoms with Crippen LogP contribution < -0.4 is 15.8 Å². The maximum atomic E-state index is 12.1. The number of nitrogens with two attached hydrogens (primary N) is 1. The van der Waals surface area contributed by atoms with Crippen LogP contribution in [0.25, 0.3) is 0 Å². The third-order valence-corrected chi connectivity index (χ3v) is 3.35. The number of alkyl halides is 6. The van der Waals surface area contributed by atoms with Gasteiger partial charge in [0, 0.05) is 5.69 Å². The van der Waals surface area contributed by atoms with Crippen LogP contribution in [0.4, 0.5) is 32.0 Å². The Morgan fingerprint density at radius 3 is 2.03 bits per heavy atom. The summed E-state index contributed by atoms with van der Waals surface area (Å²) in [6.07, 6.45) is -9.14. The van der Waals surface area contributed by atoms with Crippen LogP contribution in [-0.4, -0.2) is 25.1 Å². The summed E-state index contributed by atoms with van der Waals surface area (Å²) in [4.78, 5) is 4.09. The number of hydrogen-bond donors (Lipinski definition) is 2. The normalized spacial score (nSPS) is 12.7. The maximum absolute atomic E-state index is 12.1. The van der Waals surface area contributed by atoms with E-state index in [0.29, 0.717) is 11.3 Å². The molecule has 2 aromatic rings. The van der Waals surface area contributed by atoms with Crippen molar-refractivity contribution in [2.45, 2.75) is 25.7 Å². The molecular formula is C18H17F6N3O2. The predicted molar refractivity (Wildman–Crippen MR) is 94.2 cm³/mol. The highest BCUT2D eigenvalue weighted by atomic mass is 19.4. The smallest absolute Gasteiger partial charge is 0.406 e. The molecule has 0 atom stereocenters. The van der Waals surface area contributed by atoms with Gasteiger partial charge in [0.05, 0.1) is 13.2 Å². The average Bonchev–Trinajstić information content (AvgIpc) is 2.60. The Morgan fingerprint density at radius 2 is 1.48 bits per heavy atom. The molecule has 0 unspecified atom stereocenters. The number of ether oxygens (including phenoxy) is 2. The van der Waals surface area contributed by atoms with Gasteiger partial charge in [0.25, 0.3) is 0 Å². The van der Waals surface area contributed by atoms with E-state index < -0.39 is 19.1 Å². The van der Waals surface area contributed by atoms with Crippen molar-refractivity contribution in [3.63, 3.8) is 0 Å². The number of benzene rings is 2. The van der Waals surface area contributed by atoms with Gasteiger partial charge < -0.3 is 20.5 Å². The Balaban J connectivity index is 1.83. The highest BCUT2D eigenvalue weighted by Crippen LogP contribution is 2.24. The molecule has 0 saturated heterocycles. The van der Waals surface area contributed by atoms with E-state index in [0.717, 1.165) is 17.7 Å². The first-order chi connectivity index (χ1) is 13.5. The highest BCUT2D eigenvalue weighted by molar-refractivity contribution is 5.92. The number of aliphatic imine (C=N–C) groups is 1. The van der Waals surface area contributed by atoms with E-state index in [1.165, 1.54) is 12.1 Å². The van der Waals surface area contributed by atoms with E-state index in [1.807, 2.05) is 0 Å². The summed E-state index contributed by atoms with van der Waals surface area (Å²) in [7, 11) is 0. The van der Waals surface area contributed by atoms with Gasteiger partial charge in [-0.3, -0.25) is 0 Å². The number of nitrogens with zero attached hydrogens (tertiary/aromatic N) is 1. The molecule has 0 bridgehead atoms. The molecule has 11 heteroatoms. The van der Waals surface area contributed by atoms with Gasteiger partial charge in [-0.2, -0.15) is 13.2 Å². The van der Waals surface area contributed by atoms with Crippen molar-refractivity contribution in [1.82, 2.24) is 0 Å². The lowest BCUT2D eigenvalue weighted by molar-refractivity contribution is -0.274. The number of guanidine groups is 1. The van der Waals surface area contributed by atoms with Crippen molar-refractivity contribution in [2.75, 3.05) is 11.9 Å². The topological polar surface area (TPSA) is 68.9 Å². The van der Waals surface area contributed by atoms with E-state index in [9.17, 15) is 26.3 Å². The largest absolute Gasteiger partial charge is 0.573 e. The molecule has 0 aliphatic heterocycles. The minimum Gasteiger partial charge on any atom is -0.406 e. The van der Waals surface area contributed by atoms with Crippen molar-refractivity contribution < 1.29 is 35.8 Å². The fourth-order valence-electron chi connectivity index (χ4n) is 2.13. The third kappa shape index (κ3) is 9.19. The quantitative estimate of drug-likeness (QED) is 0.390. The molecule has 5 nitrogen and oxygen atoms in total. The molecule has 3 N–H and O–H groups in total. The fourth-order valence-corrected chi connectivity index (χ4v) is 2.13. The standard InChI is InChI=1S/C18H17F6N3O2/c19-17(20,21)11-28-10-13-3-1-12(2-4-13)9-26-16(25)27-14-5-7-15(8-6-14)29-18(22,23)24/h1-8H,9-11H2,(H3,25,26,27). The number of hydrogen-bond acceptors (Lipinski definition) is 3. The minimum atomic E-state index is -4.77. The van der Waals surface area contributed by atoms with Crippen LogP contribution in [0.3, 0.4) is 0 Å². The number of halogens is 6. The number of rotatable bonds is 7. The zero-order chi connectivity index (χ0) is 21.5. The summed E-state index contributed by atoms with van der Waals surface area (Å²) in [5.41, 5.74) is 7.48. The SMILES string of the molecule is NC(=NCc1ccc(COCC(F)(F)F)cc1)Nc1ccc(OC(F)(F)F)cc1. The van der Waals surface area contributed by atoms with Gasteiger partial charge in [-0.05, 0) is 35.4 Å². The Bertz CT molecular complexity index is 802. The summed E-state index contributed by atoms with van der Waals surface area (Å²) in [5, 5.41) is 2.72. The molecule has 2 aromatic carbocycles. The first-order valence-corrected chi connectivity index (χ1v) is 8.15. The molecule has 0 fully saturated rings. The molecule has 0 aliphatic rings. The van der Waals surface area contributed by atoms with Gasteiger partial charge in [0.2, 0.25) is 0 Å². The molecule has 2 rings (SSSR count). The predicted octanol–water partition coefficient (Wildman–Crippen LogP) is 4.59. The van der Waals surface area contributed by atoms with Crippen LogP contribution >= 0.6 is 0 Å². The molecule has 0 saturated carbocycles. The van der Waals surface area contributed by atoms with E-state index in [-0.39, 0.29) is 24.9 Å². The Hall–Kier alpha value is -2.95. The maximum Gasteiger partial charge on any atom is 0.573 e. The van der Waals surface area contributed by atoms with Crippen molar-refractivity contribution in [1.29, 1.82) is 0 Å². The lowest BCUT2D eigenvalue weighted by Gasteiger charge is -2.10. The van der Waals surface area contributed by atoms with Gasteiger partial charge in [0.1, 0.15) is 12.4 Å². The summed E-state index contributed by atoms with van der Waals surface area (Å²) >= 11 is 0. The van der Waals surface area contributed by atoms with Gasteiger partial charge in [0.15, 0.2) is 5.96 Å². The lowest BCUT2D eigenvalue weighted by atomic mass is 10.1. The summed E-state index contributed by atoms with van der Waals surface area (Å²) in [6, 6.07) is 11.5. The molecule has 158 valence electrons. The molecule has 0 radical (unpaired) electrons. The second-order valence-corrected chi connectivity index (χ2v) is 5.82. The van der Waals surface area contributed by atoms with Gasteiger partial charge in [-0.15, -0.1) is 13.2 Å². The molecular weight excluding hydrogens is 404 g/mol. The summed E-state index contributed by atoms with van der Waals surface area (Å²) in [6.45, 7) is -1.29. The van der Waals surface area contributed by atoms with Crippen LogP contribution in [0.5, 0.6) is 5.75 Å². The molecule has 0 amide bonds. The lowest BCUT2D eigenvalue weighted by Crippen LogP contribution is -2.22. The first-order valence-electron chi connectivity index (χ1n) is 8.15. The Morgan fingerprint density at radius 1 is 0.897 bits per heavy atom. The van der Waals surface area contributed by atoms with Gasteiger partial charge in [-0.1, -0.05) is 24.3 Å². The van der Waals surface area contributed by atoms with Crippen molar-refractivity contribution in [3.05, 3.63) is 59.7 Å². The van der Waals surface area contributed by atoms with Crippen LogP contribution in [0.2, 0.25) is 0 Å². The fraction of sp³-hybridized carbons (Fsp3) is 0.278. The zero-order valence-electron chi connectivity index (χ0n) is 14.8. The Kier molecular flexibility index (Phi) is 7.32. The van der Waals surface area contributed by atoms with Crippen LogP contribution in [0, 0.1) is 0 Å².